The van der Waals surface area contributed by atoms with Gasteiger partial charge in [0.15, 0.2) is 0 Å². The number of rotatable bonds is 5. The smallest absolute Gasteiger partial charge is 0.0761 e. The first-order chi connectivity index (χ1) is 7.10. The van der Waals surface area contributed by atoms with Crippen molar-refractivity contribution in [2.24, 2.45) is 11.7 Å². The van der Waals surface area contributed by atoms with Crippen LogP contribution in [0.4, 0.5) is 0 Å². The molecule has 15 heavy (non-hydrogen) atoms. The van der Waals surface area contributed by atoms with E-state index in [1.165, 1.54) is 6.42 Å². The van der Waals surface area contributed by atoms with Crippen molar-refractivity contribution in [1.29, 1.82) is 0 Å². The van der Waals surface area contributed by atoms with Gasteiger partial charge >= 0.3 is 0 Å². The highest BCUT2D eigenvalue weighted by Gasteiger charge is 2.49. The van der Waals surface area contributed by atoms with Crippen LogP contribution in [0.25, 0.3) is 0 Å². The van der Waals surface area contributed by atoms with Gasteiger partial charge in [0, 0.05) is 18.8 Å². The molecule has 0 aromatic heterocycles. The van der Waals surface area contributed by atoms with E-state index in [0.717, 1.165) is 32.5 Å². The molecular formula is C12H23NO2. The van der Waals surface area contributed by atoms with Crippen LogP contribution < -0.4 is 5.73 Å². The SMILES string of the molecule is CC(C)COCCC1(N)CC2CCC1O2. The lowest BCUT2D eigenvalue weighted by Crippen LogP contribution is -2.49. The van der Waals surface area contributed by atoms with Gasteiger partial charge < -0.3 is 15.2 Å². The molecule has 3 atom stereocenters. The standard InChI is InChI=1S/C12H23NO2/c1-9(2)8-14-6-5-12(13)7-10-3-4-11(12)15-10/h9-11H,3-8,13H2,1-2H3. The van der Waals surface area contributed by atoms with Gasteiger partial charge in [0.1, 0.15) is 0 Å². The third-order valence-corrected chi connectivity index (χ3v) is 3.52. The van der Waals surface area contributed by atoms with Gasteiger partial charge in [0.05, 0.1) is 12.2 Å². The maximum Gasteiger partial charge on any atom is 0.0761 e. The Kier molecular flexibility index (Phi) is 3.33. The van der Waals surface area contributed by atoms with Crippen LogP contribution in [0.2, 0.25) is 0 Å². The van der Waals surface area contributed by atoms with Crippen LogP contribution in [0, 0.1) is 5.92 Å². The lowest BCUT2D eigenvalue weighted by atomic mass is 9.80. The topological polar surface area (TPSA) is 44.5 Å². The number of ether oxygens (including phenoxy) is 2. The molecule has 2 saturated heterocycles. The number of hydrogen-bond donors (Lipinski definition) is 1. The second-order valence-corrected chi connectivity index (χ2v) is 5.48. The van der Waals surface area contributed by atoms with Gasteiger partial charge in [-0.3, -0.25) is 0 Å². The average Bonchev–Trinajstić information content (AvgIpc) is 2.72. The van der Waals surface area contributed by atoms with Crippen LogP contribution in [-0.4, -0.2) is 31.0 Å². The molecule has 2 heterocycles. The summed E-state index contributed by atoms with van der Waals surface area (Å²) in [7, 11) is 0. The van der Waals surface area contributed by atoms with Crippen molar-refractivity contribution >= 4 is 0 Å². The highest BCUT2D eigenvalue weighted by molar-refractivity contribution is 5.04. The third kappa shape index (κ3) is 2.52. The Morgan fingerprint density at radius 1 is 1.47 bits per heavy atom. The van der Waals surface area contributed by atoms with Crippen molar-refractivity contribution in [2.45, 2.75) is 57.3 Å². The van der Waals surface area contributed by atoms with E-state index in [0.29, 0.717) is 18.1 Å². The number of nitrogens with two attached hydrogens (primary N) is 1. The fourth-order valence-corrected chi connectivity index (χ4v) is 2.68. The normalized spacial score (nSPS) is 39.2. The van der Waals surface area contributed by atoms with E-state index in [2.05, 4.69) is 13.8 Å². The second-order valence-electron chi connectivity index (χ2n) is 5.48. The van der Waals surface area contributed by atoms with Crippen LogP contribution in [0.5, 0.6) is 0 Å². The zero-order valence-corrected chi connectivity index (χ0v) is 9.87. The highest BCUT2D eigenvalue weighted by atomic mass is 16.5. The van der Waals surface area contributed by atoms with E-state index in [1.54, 1.807) is 0 Å². The molecule has 0 amide bonds. The molecule has 88 valence electrons. The van der Waals surface area contributed by atoms with Gasteiger partial charge in [-0.1, -0.05) is 13.8 Å². The summed E-state index contributed by atoms with van der Waals surface area (Å²) in [6, 6.07) is 0. The van der Waals surface area contributed by atoms with Crippen LogP contribution in [0.3, 0.4) is 0 Å². The van der Waals surface area contributed by atoms with E-state index in [-0.39, 0.29) is 5.54 Å². The Balaban J connectivity index is 1.70. The first kappa shape index (κ1) is 11.4. The second kappa shape index (κ2) is 4.40. The molecule has 3 nitrogen and oxygen atoms in total. The summed E-state index contributed by atoms with van der Waals surface area (Å²) in [5, 5.41) is 0. The molecule has 2 bridgehead atoms. The van der Waals surface area contributed by atoms with Gasteiger partial charge in [-0.25, -0.2) is 0 Å². The van der Waals surface area contributed by atoms with Crippen molar-refractivity contribution in [2.75, 3.05) is 13.2 Å². The minimum Gasteiger partial charge on any atom is -0.381 e. The number of hydrogen-bond acceptors (Lipinski definition) is 3. The van der Waals surface area contributed by atoms with E-state index >= 15 is 0 Å². The molecule has 0 spiro atoms. The predicted octanol–water partition coefficient (Wildman–Crippen LogP) is 1.70. The third-order valence-electron chi connectivity index (χ3n) is 3.52. The van der Waals surface area contributed by atoms with Gasteiger partial charge in [-0.15, -0.1) is 0 Å². The van der Waals surface area contributed by atoms with Crippen LogP contribution in [0.15, 0.2) is 0 Å². The van der Waals surface area contributed by atoms with Crippen LogP contribution in [-0.2, 0) is 9.47 Å². The van der Waals surface area contributed by atoms with Crippen molar-refractivity contribution in [3.63, 3.8) is 0 Å². The molecule has 3 heteroatoms. The maximum absolute atomic E-state index is 6.36. The molecule has 0 radical (unpaired) electrons. The molecule has 2 N–H and O–H groups in total. The Bertz CT molecular complexity index is 220. The zero-order chi connectivity index (χ0) is 10.9. The monoisotopic (exact) mass is 213 g/mol. The van der Waals surface area contributed by atoms with E-state index in [9.17, 15) is 0 Å². The number of fused-ring (bicyclic) bond motifs is 2. The largest absolute Gasteiger partial charge is 0.381 e. The molecular weight excluding hydrogens is 190 g/mol. The fourth-order valence-electron chi connectivity index (χ4n) is 2.68. The molecule has 0 aromatic carbocycles. The van der Waals surface area contributed by atoms with Crippen molar-refractivity contribution < 1.29 is 9.47 Å². The van der Waals surface area contributed by atoms with Gasteiger partial charge in [0.2, 0.25) is 0 Å². The van der Waals surface area contributed by atoms with Crippen molar-refractivity contribution in [1.82, 2.24) is 0 Å². The highest BCUT2D eigenvalue weighted by Crippen LogP contribution is 2.41. The van der Waals surface area contributed by atoms with Gasteiger partial charge in [0.25, 0.3) is 0 Å². The quantitative estimate of drug-likeness (QED) is 0.707. The summed E-state index contributed by atoms with van der Waals surface area (Å²) in [6.07, 6.45) is 5.06. The van der Waals surface area contributed by atoms with Gasteiger partial charge in [-0.2, -0.15) is 0 Å². The Labute approximate surface area is 92.3 Å². The molecule has 2 rings (SSSR count). The Hall–Kier alpha value is -0.120. The zero-order valence-electron chi connectivity index (χ0n) is 9.87. The van der Waals surface area contributed by atoms with E-state index in [4.69, 9.17) is 15.2 Å². The fraction of sp³-hybridized carbons (Fsp3) is 1.00. The minimum absolute atomic E-state index is 0.0973. The van der Waals surface area contributed by atoms with Gasteiger partial charge in [-0.05, 0) is 31.6 Å². The molecule has 2 aliphatic heterocycles. The molecule has 2 aliphatic rings. The summed E-state index contributed by atoms with van der Waals surface area (Å²) in [5.74, 6) is 0.606. The first-order valence-corrected chi connectivity index (χ1v) is 6.12. The van der Waals surface area contributed by atoms with E-state index in [1.807, 2.05) is 0 Å². The summed E-state index contributed by atoms with van der Waals surface area (Å²) in [6.45, 7) is 5.95. The lowest BCUT2D eigenvalue weighted by Gasteiger charge is -2.31. The molecule has 0 saturated carbocycles. The molecule has 0 aliphatic carbocycles. The predicted molar refractivity (Wildman–Crippen MR) is 59.7 cm³/mol. The molecule has 2 fully saturated rings. The summed E-state index contributed by atoms with van der Waals surface area (Å²) in [5.41, 5.74) is 6.26. The van der Waals surface area contributed by atoms with Crippen molar-refractivity contribution in [3.05, 3.63) is 0 Å². The Morgan fingerprint density at radius 3 is 2.80 bits per heavy atom. The first-order valence-electron chi connectivity index (χ1n) is 6.12. The Morgan fingerprint density at radius 2 is 2.27 bits per heavy atom. The van der Waals surface area contributed by atoms with E-state index < -0.39 is 0 Å². The lowest BCUT2D eigenvalue weighted by molar-refractivity contribution is 0.0597. The van der Waals surface area contributed by atoms with Crippen LogP contribution in [0.1, 0.15) is 39.5 Å². The average molecular weight is 213 g/mol. The summed E-state index contributed by atoms with van der Waals surface area (Å²) >= 11 is 0. The van der Waals surface area contributed by atoms with Crippen LogP contribution >= 0.6 is 0 Å². The maximum atomic E-state index is 6.36. The molecule has 3 unspecified atom stereocenters. The van der Waals surface area contributed by atoms with Crippen molar-refractivity contribution in [3.8, 4) is 0 Å². The summed E-state index contributed by atoms with van der Waals surface area (Å²) in [4.78, 5) is 0. The molecule has 0 aromatic rings. The minimum atomic E-state index is -0.0973. The summed E-state index contributed by atoms with van der Waals surface area (Å²) < 4.78 is 11.4.